The van der Waals surface area contributed by atoms with Gasteiger partial charge in [-0.25, -0.2) is 4.39 Å². The summed E-state index contributed by atoms with van der Waals surface area (Å²) in [6.45, 7) is 5.91. The van der Waals surface area contributed by atoms with Crippen molar-refractivity contribution in [3.63, 3.8) is 0 Å². The zero-order valence-electron chi connectivity index (χ0n) is 15.0. The van der Waals surface area contributed by atoms with E-state index in [2.05, 4.69) is 0 Å². The minimum absolute atomic E-state index is 0.205. The quantitative estimate of drug-likeness (QED) is 0.824. The molecule has 1 unspecified atom stereocenters. The Morgan fingerprint density at radius 3 is 2.77 bits per heavy atom. The van der Waals surface area contributed by atoms with Crippen molar-refractivity contribution in [1.29, 1.82) is 0 Å². The Morgan fingerprint density at radius 1 is 1.23 bits per heavy atom. The van der Waals surface area contributed by atoms with Crippen LogP contribution in [0.4, 0.5) is 4.39 Å². The molecule has 2 fully saturated rings. The SMILES string of the molecule is CC1(C)CN(C(=O)c2cc(F)ccc2-c2ccoc2)CC2(CCOC2)O1. The minimum atomic E-state index is -0.495. The van der Waals surface area contributed by atoms with E-state index >= 15 is 0 Å². The Balaban J connectivity index is 1.70. The number of hydrogen-bond donors (Lipinski definition) is 0. The lowest BCUT2D eigenvalue weighted by molar-refractivity contribution is -0.186. The van der Waals surface area contributed by atoms with E-state index in [1.165, 1.54) is 18.4 Å². The average Bonchev–Trinajstić information content (AvgIpc) is 3.25. The minimum Gasteiger partial charge on any atom is -0.472 e. The number of furan rings is 1. The lowest BCUT2D eigenvalue weighted by Crippen LogP contribution is -2.61. The van der Waals surface area contributed by atoms with Crippen molar-refractivity contribution in [3.8, 4) is 11.1 Å². The average molecular weight is 359 g/mol. The fraction of sp³-hybridized carbons (Fsp3) is 0.450. The van der Waals surface area contributed by atoms with Gasteiger partial charge in [-0.3, -0.25) is 4.79 Å². The number of nitrogens with zero attached hydrogens (tertiary/aromatic N) is 1. The van der Waals surface area contributed by atoms with Crippen LogP contribution in [0.1, 0.15) is 30.6 Å². The molecule has 3 heterocycles. The zero-order valence-corrected chi connectivity index (χ0v) is 15.0. The molecule has 1 aromatic heterocycles. The van der Waals surface area contributed by atoms with E-state index in [0.29, 0.717) is 37.4 Å². The summed E-state index contributed by atoms with van der Waals surface area (Å²) in [5.41, 5.74) is 0.759. The van der Waals surface area contributed by atoms with Crippen LogP contribution in [-0.4, -0.2) is 48.3 Å². The molecule has 0 radical (unpaired) electrons. The Morgan fingerprint density at radius 2 is 2.08 bits per heavy atom. The lowest BCUT2D eigenvalue weighted by Gasteiger charge is -2.48. The number of ether oxygens (including phenoxy) is 2. The Hall–Kier alpha value is -2.18. The predicted molar refractivity (Wildman–Crippen MR) is 93.3 cm³/mol. The first-order valence-corrected chi connectivity index (χ1v) is 8.77. The number of hydrogen-bond acceptors (Lipinski definition) is 4. The van der Waals surface area contributed by atoms with Gasteiger partial charge in [0.05, 0.1) is 36.8 Å². The van der Waals surface area contributed by atoms with Crippen molar-refractivity contribution < 1.29 is 23.1 Å². The van der Waals surface area contributed by atoms with Crippen LogP contribution in [0.5, 0.6) is 0 Å². The second kappa shape index (κ2) is 6.21. The molecule has 0 bridgehead atoms. The molecule has 2 aromatic rings. The molecular formula is C20H22FNO4. The number of halogens is 1. The number of carbonyl (C=O) groups is 1. The summed E-state index contributed by atoms with van der Waals surface area (Å²) in [6, 6.07) is 6.03. The second-order valence-electron chi connectivity index (χ2n) is 7.71. The number of amides is 1. The molecule has 0 N–H and O–H groups in total. The van der Waals surface area contributed by atoms with Gasteiger partial charge in [0.25, 0.3) is 5.91 Å². The maximum Gasteiger partial charge on any atom is 0.254 e. The lowest BCUT2D eigenvalue weighted by atomic mass is 9.93. The fourth-order valence-corrected chi connectivity index (χ4v) is 3.98. The molecule has 6 heteroatoms. The standard InChI is InChI=1S/C20H22FNO4/c1-19(2)11-22(12-20(26-19)6-8-25-13-20)18(23)17-9-15(21)3-4-16(17)14-5-7-24-10-14/h3-5,7,9-10H,6,8,11-13H2,1-2H3. The third-order valence-corrected chi connectivity index (χ3v) is 4.94. The van der Waals surface area contributed by atoms with Crippen LogP contribution in [0.3, 0.4) is 0 Å². The molecule has 1 aromatic carbocycles. The molecule has 1 spiro atoms. The van der Waals surface area contributed by atoms with Gasteiger partial charge in [-0.05, 0) is 37.6 Å². The van der Waals surface area contributed by atoms with Gasteiger partial charge in [-0.2, -0.15) is 0 Å². The van der Waals surface area contributed by atoms with Gasteiger partial charge < -0.3 is 18.8 Å². The Bertz CT molecular complexity index is 809. The predicted octanol–water partition coefficient (Wildman–Crippen LogP) is 3.50. The van der Waals surface area contributed by atoms with E-state index in [0.717, 1.165) is 12.0 Å². The van der Waals surface area contributed by atoms with E-state index in [4.69, 9.17) is 13.9 Å². The molecule has 0 saturated carbocycles. The van der Waals surface area contributed by atoms with Crippen molar-refractivity contribution in [2.45, 2.75) is 31.5 Å². The van der Waals surface area contributed by atoms with Crippen LogP contribution in [0.15, 0.2) is 41.2 Å². The molecule has 138 valence electrons. The summed E-state index contributed by atoms with van der Waals surface area (Å²) in [5, 5.41) is 0. The molecule has 2 aliphatic heterocycles. The molecule has 1 amide bonds. The van der Waals surface area contributed by atoms with Gasteiger partial charge in [0.15, 0.2) is 0 Å². The zero-order chi connectivity index (χ0) is 18.4. The maximum absolute atomic E-state index is 13.9. The Kier molecular flexibility index (Phi) is 4.12. The van der Waals surface area contributed by atoms with Crippen LogP contribution in [-0.2, 0) is 9.47 Å². The molecule has 0 aliphatic carbocycles. The van der Waals surface area contributed by atoms with Gasteiger partial charge >= 0.3 is 0 Å². The Labute approximate surface area is 151 Å². The molecule has 1 atom stereocenters. The second-order valence-corrected chi connectivity index (χ2v) is 7.71. The molecule has 4 rings (SSSR count). The topological polar surface area (TPSA) is 51.9 Å². The van der Waals surface area contributed by atoms with Crippen LogP contribution >= 0.6 is 0 Å². The van der Waals surface area contributed by atoms with Gasteiger partial charge in [-0.1, -0.05) is 6.07 Å². The monoisotopic (exact) mass is 359 g/mol. The number of rotatable bonds is 2. The van der Waals surface area contributed by atoms with Gasteiger partial charge in [0.1, 0.15) is 11.4 Å². The summed E-state index contributed by atoms with van der Waals surface area (Å²) in [7, 11) is 0. The largest absolute Gasteiger partial charge is 0.472 e. The first kappa shape index (κ1) is 17.2. The van der Waals surface area contributed by atoms with Gasteiger partial charge in [0, 0.05) is 25.1 Å². The highest BCUT2D eigenvalue weighted by atomic mass is 19.1. The van der Waals surface area contributed by atoms with Crippen molar-refractivity contribution in [2.75, 3.05) is 26.3 Å². The van der Waals surface area contributed by atoms with Crippen LogP contribution in [0.25, 0.3) is 11.1 Å². The van der Waals surface area contributed by atoms with E-state index < -0.39 is 17.0 Å². The van der Waals surface area contributed by atoms with E-state index in [9.17, 15) is 9.18 Å². The molecule has 2 aliphatic rings. The molecule has 2 saturated heterocycles. The molecule has 26 heavy (non-hydrogen) atoms. The normalized spacial score (nSPS) is 25.0. The summed E-state index contributed by atoms with van der Waals surface area (Å²) in [5.74, 6) is -0.643. The summed E-state index contributed by atoms with van der Waals surface area (Å²) in [4.78, 5) is 15.1. The highest BCUT2D eigenvalue weighted by Gasteiger charge is 2.48. The highest BCUT2D eigenvalue weighted by Crippen LogP contribution is 2.36. The van der Waals surface area contributed by atoms with Crippen molar-refractivity contribution in [1.82, 2.24) is 4.90 Å². The first-order chi connectivity index (χ1) is 12.4. The highest BCUT2D eigenvalue weighted by molar-refractivity contribution is 6.01. The van der Waals surface area contributed by atoms with E-state index in [-0.39, 0.29) is 5.91 Å². The van der Waals surface area contributed by atoms with Crippen molar-refractivity contribution >= 4 is 5.91 Å². The summed E-state index contributed by atoms with van der Waals surface area (Å²) in [6.07, 6.45) is 3.84. The number of morpholine rings is 1. The van der Waals surface area contributed by atoms with Crippen LogP contribution in [0, 0.1) is 5.82 Å². The molecule has 5 nitrogen and oxygen atoms in total. The summed E-state index contributed by atoms with van der Waals surface area (Å²) >= 11 is 0. The number of benzene rings is 1. The molecular weight excluding hydrogens is 337 g/mol. The van der Waals surface area contributed by atoms with Crippen molar-refractivity contribution in [3.05, 3.63) is 48.2 Å². The van der Waals surface area contributed by atoms with Crippen molar-refractivity contribution in [2.24, 2.45) is 0 Å². The smallest absolute Gasteiger partial charge is 0.254 e. The van der Waals surface area contributed by atoms with Gasteiger partial charge in [0.2, 0.25) is 0 Å². The van der Waals surface area contributed by atoms with E-state index in [1.54, 1.807) is 23.3 Å². The third kappa shape index (κ3) is 3.15. The fourth-order valence-electron chi connectivity index (χ4n) is 3.98. The summed E-state index contributed by atoms with van der Waals surface area (Å²) < 4.78 is 30.8. The van der Waals surface area contributed by atoms with Crippen LogP contribution in [0.2, 0.25) is 0 Å². The van der Waals surface area contributed by atoms with Gasteiger partial charge in [-0.15, -0.1) is 0 Å². The van der Waals surface area contributed by atoms with E-state index in [1.807, 2.05) is 13.8 Å². The maximum atomic E-state index is 13.9. The first-order valence-electron chi connectivity index (χ1n) is 8.77. The third-order valence-electron chi connectivity index (χ3n) is 4.94. The number of carbonyl (C=O) groups excluding carboxylic acids is 1. The van der Waals surface area contributed by atoms with Crippen LogP contribution < -0.4 is 0 Å².